The Morgan fingerprint density at radius 3 is 2.80 bits per heavy atom. The molecular weight excluding hydrogens is 422 g/mol. The van der Waals surface area contributed by atoms with Gasteiger partial charge in [-0.1, -0.05) is 30.0 Å². The van der Waals surface area contributed by atoms with Crippen LogP contribution >= 0.6 is 24.0 Å². The molecule has 5 rings (SSSR count). The van der Waals surface area contributed by atoms with Crippen LogP contribution in [0.2, 0.25) is 0 Å². The molecule has 1 aromatic rings. The Balaban J connectivity index is 1.14. The molecule has 0 spiro atoms. The van der Waals surface area contributed by atoms with Crippen LogP contribution in [0.25, 0.3) is 0 Å². The van der Waals surface area contributed by atoms with Gasteiger partial charge in [-0.05, 0) is 30.5 Å². The van der Waals surface area contributed by atoms with E-state index in [1.54, 1.807) is 4.90 Å². The number of thiocarbonyl (C=S) groups is 1. The van der Waals surface area contributed by atoms with Crippen molar-refractivity contribution in [2.24, 2.45) is 0 Å². The van der Waals surface area contributed by atoms with E-state index in [-0.39, 0.29) is 12.0 Å². The lowest BCUT2D eigenvalue weighted by Gasteiger charge is -2.34. The van der Waals surface area contributed by atoms with Crippen LogP contribution in [-0.4, -0.2) is 77.2 Å². The number of carbonyl (C=O) groups is 1. The minimum Gasteiger partial charge on any atom is -0.454 e. The number of benzene rings is 1. The number of hydrogen-bond acceptors (Lipinski definition) is 8. The Labute approximate surface area is 185 Å². The van der Waals surface area contributed by atoms with E-state index in [1.165, 1.54) is 17.3 Å². The molecule has 1 atom stereocenters. The van der Waals surface area contributed by atoms with E-state index in [9.17, 15) is 4.79 Å². The molecule has 3 saturated heterocycles. The third-order valence-electron chi connectivity index (χ3n) is 5.83. The zero-order chi connectivity index (χ0) is 20.5. The van der Waals surface area contributed by atoms with Crippen LogP contribution in [0.3, 0.4) is 0 Å². The van der Waals surface area contributed by atoms with Crippen LogP contribution in [0, 0.1) is 0 Å². The highest BCUT2D eigenvalue weighted by Gasteiger charge is 2.35. The lowest BCUT2D eigenvalue weighted by Crippen LogP contribution is -2.43. The number of amides is 1. The van der Waals surface area contributed by atoms with Gasteiger partial charge >= 0.3 is 0 Å². The second-order valence-corrected chi connectivity index (χ2v) is 9.59. The molecule has 160 valence electrons. The fourth-order valence-electron chi connectivity index (χ4n) is 4.15. The number of nitrogens with zero attached hydrogens (tertiary/aromatic N) is 3. The standard InChI is InChI=1S/C21H25N3O4S2/c25-20-19(30-21(29)24(20)12-16-2-1-9-26-16)13-23-7-5-22(6-8-23)11-15-3-4-17-18(10-15)28-14-27-17/h3-4,10,13,16H,1-2,5-9,11-12,14H2/b19-13+/t16-/m0/s1. The van der Waals surface area contributed by atoms with E-state index in [4.69, 9.17) is 26.4 Å². The summed E-state index contributed by atoms with van der Waals surface area (Å²) in [6, 6.07) is 6.14. The number of piperazine rings is 1. The lowest BCUT2D eigenvalue weighted by atomic mass is 10.1. The molecule has 4 aliphatic rings. The molecule has 0 aromatic heterocycles. The van der Waals surface area contributed by atoms with Gasteiger partial charge in [-0.15, -0.1) is 0 Å². The van der Waals surface area contributed by atoms with Crippen LogP contribution in [-0.2, 0) is 16.1 Å². The van der Waals surface area contributed by atoms with Crippen molar-refractivity contribution < 1.29 is 19.0 Å². The van der Waals surface area contributed by atoms with Crippen molar-refractivity contribution in [3.05, 3.63) is 34.9 Å². The van der Waals surface area contributed by atoms with Gasteiger partial charge in [0.25, 0.3) is 5.91 Å². The lowest BCUT2D eigenvalue weighted by molar-refractivity contribution is -0.123. The minimum atomic E-state index is 0.0169. The maximum absolute atomic E-state index is 12.8. The van der Waals surface area contributed by atoms with E-state index >= 15 is 0 Å². The van der Waals surface area contributed by atoms with Crippen LogP contribution in [0.15, 0.2) is 29.3 Å². The molecule has 30 heavy (non-hydrogen) atoms. The smallest absolute Gasteiger partial charge is 0.267 e. The summed E-state index contributed by atoms with van der Waals surface area (Å²) in [6.45, 7) is 6.21. The molecule has 4 heterocycles. The van der Waals surface area contributed by atoms with Gasteiger partial charge in [0.2, 0.25) is 6.79 Å². The average molecular weight is 448 g/mol. The molecule has 0 unspecified atom stereocenters. The van der Waals surface area contributed by atoms with Gasteiger partial charge in [-0.2, -0.15) is 0 Å². The first-order chi connectivity index (χ1) is 14.7. The molecule has 4 aliphatic heterocycles. The molecule has 0 aliphatic carbocycles. The molecular formula is C21H25N3O4S2. The van der Waals surface area contributed by atoms with Gasteiger partial charge in [0, 0.05) is 45.5 Å². The van der Waals surface area contributed by atoms with E-state index in [0.717, 1.165) is 68.6 Å². The molecule has 9 heteroatoms. The highest BCUT2D eigenvalue weighted by molar-refractivity contribution is 8.26. The van der Waals surface area contributed by atoms with Crippen molar-refractivity contribution in [2.75, 3.05) is 46.1 Å². The van der Waals surface area contributed by atoms with Gasteiger partial charge in [0.05, 0.1) is 17.6 Å². The van der Waals surface area contributed by atoms with Gasteiger partial charge in [0.1, 0.15) is 4.32 Å². The fraction of sp³-hybridized carbons (Fsp3) is 0.524. The van der Waals surface area contributed by atoms with Crippen LogP contribution in [0.5, 0.6) is 11.5 Å². The molecule has 0 bridgehead atoms. The van der Waals surface area contributed by atoms with Crippen molar-refractivity contribution >= 4 is 34.2 Å². The summed E-state index contributed by atoms with van der Waals surface area (Å²) in [5.74, 6) is 1.67. The minimum absolute atomic E-state index is 0.0169. The highest BCUT2D eigenvalue weighted by Crippen LogP contribution is 2.34. The highest BCUT2D eigenvalue weighted by atomic mass is 32.2. The largest absolute Gasteiger partial charge is 0.454 e. The summed E-state index contributed by atoms with van der Waals surface area (Å²) in [5.41, 5.74) is 1.22. The molecule has 0 saturated carbocycles. The Morgan fingerprint density at radius 1 is 1.17 bits per heavy atom. The molecule has 0 radical (unpaired) electrons. The molecule has 3 fully saturated rings. The third-order valence-corrected chi connectivity index (χ3v) is 7.20. The Kier molecular flexibility index (Phi) is 5.86. The van der Waals surface area contributed by atoms with E-state index in [0.29, 0.717) is 17.7 Å². The second kappa shape index (κ2) is 8.74. The molecule has 1 aromatic carbocycles. The fourth-order valence-corrected chi connectivity index (χ4v) is 5.44. The van der Waals surface area contributed by atoms with Crippen molar-refractivity contribution in [2.45, 2.75) is 25.5 Å². The summed E-state index contributed by atoms with van der Waals surface area (Å²) in [4.78, 5) is 19.9. The predicted molar refractivity (Wildman–Crippen MR) is 118 cm³/mol. The number of rotatable bonds is 5. The second-order valence-electron chi connectivity index (χ2n) is 7.91. The van der Waals surface area contributed by atoms with Crippen molar-refractivity contribution in [3.8, 4) is 11.5 Å². The average Bonchev–Trinajstić information content (AvgIpc) is 3.48. The number of ether oxygens (including phenoxy) is 3. The van der Waals surface area contributed by atoms with E-state index in [2.05, 4.69) is 21.9 Å². The van der Waals surface area contributed by atoms with Crippen molar-refractivity contribution in [1.29, 1.82) is 0 Å². The van der Waals surface area contributed by atoms with E-state index in [1.807, 2.05) is 12.3 Å². The summed E-state index contributed by atoms with van der Waals surface area (Å²) in [7, 11) is 0. The number of fused-ring (bicyclic) bond motifs is 1. The summed E-state index contributed by atoms with van der Waals surface area (Å²) in [6.07, 6.45) is 4.17. The molecule has 1 amide bonds. The first-order valence-electron chi connectivity index (χ1n) is 10.4. The van der Waals surface area contributed by atoms with Crippen LogP contribution < -0.4 is 9.47 Å². The van der Waals surface area contributed by atoms with Gasteiger partial charge < -0.3 is 19.1 Å². The maximum atomic E-state index is 12.8. The monoisotopic (exact) mass is 447 g/mol. The quantitative estimate of drug-likeness (QED) is 0.504. The predicted octanol–water partition coefficient (Wildman–Crippen LogP) is 2.41. The van der Waals surface area contributed by atoms with Crippen molar-refractivity contribution in [1.82, 2.24) is 14.7 Å². The summed E-state index contributed by atoms with van der Waals surface area (Å²) < 4.78 is 17.2. The summed E-state index contributed by atoms with van der Waals surface area (Å²) in [5, 5.41) is 0. The van der Waals surface area contributed by atoms with Gasteiger partial charge in [-0.25, -0.2) is 0 Å². The SMILES string of the molecule is O=C1/C(=C\N2CCN(Cc3ccc4c(c3)OCO4)CC2)SC(=S)N1C[C@@H]1CCCO1. The molecule has 7 nitrogen and oxygen atoms in total. The Hall–Kier alpha value is -1.81. The topological polar surface area (TPSA) is 54.5 Å². The zero-order valence-corrected chi connectivity index (χ0v) is 18.4. The number of thioether (sulfide) groups is 1. The normalized spacial score (nSPS) is 25.7. The molecule has 0 N–H and O–H groups in total. The van der Waals surface area contributed by atoms with Gasteiger partial charge in [0.15, 0.2) is 11.5 Å². The van der Waals surface area contributed by atoms with Crippen LogP contribution in [0.1, 0.15) is 18.4 Å². The number of hydrogen-bond donors (Lipinski definition) is 0. The van der Waals surface area contributed by atoms with E-state index < -0.39 is 0 Å². The Morgan fingerprint density at radius 2 is 2.00 bits per heavy atom. The summed E-state index contributed by atoms with van der Waals surface area (Å²) >= 11 is 6.85. The number of carbonyl (C=O) groups excluding carboxylic acids is 1. The van der Waals surface area contributed by atoms with Gasteiger partial charge in [-0.3, -0.25) is 14.6 Å². The zero-order valence-electron chi connectivity index (χ0n) is 16.7. The van der Waals surface area contributed by atoms with Crippen molar-refractivity contribution in [3.63, 3.8) is 0 Å². The van der Waals surface area contributed by atoms with Crippen LogP contribution in [0.4, 0.5) is 0 Å². The third kappa shape index (κ3) is 4.30. The first-order valence-corrected chi connectivity index (χ1v) is 11.6. The maximum Gasteiger partial charge on any atom is 0.267 e. The Bertz CT molecular complexity index is 864. The first kappa shape index (κ1) is 20.1.